The average molecular weight is 541 g/mol. The van der Waals surface area contributed by atoms with E-state index in [2.05, 4.69) is 10.3 Å². The van der Waals surface area contributed by atoms with Crippen LogP contribution in [0.5, 0.6) is 5.75 Å². The van der Waals surface area contributed by atoms with Crippen molar-refractivity contribution in [2.75, 3.05) is 43.5 Å². The van der Waals surface area contributed by atoms with Crippen molar-refractivity contribution in [1.82, 2.24) is 14.6 Å². The Balaban J connectivity index is 1.99. The Morgan fingerprint density at radius 1 is 1.14 bits per heavy atom. The van der Waals surface area contributed by atoms with Gasteiger partial charge >= 0.3 is 6.09 Å². The number of nitrogens with one attached hydrogen (secondary N) is 1. The van der Waals surface area contributed by atoms with E-state index in [4.69, 9.17) is 9.15 Å². The van der Waals surface area contributed by atoms with Crippen molar-refractivity contribution >= 4 is 43.1 Å². The highest BCUT2D eigenvalue weighted by Crippen LogP contribution is 2.43. The maximum absolute atomic E-state index is 13.5. The summed E-state index contributed by atoms with van der Waals surface area (Å²) < 4.78 is 77.2. The van der Waals surface area contributed by atoms with Gasteiger partial charge in [0.25, 0.3) is 0 Å². The topological polar surface area (TPSA) is 139 Å². The molecule has 3 aromatic rings. The standard InChI is InChI=1S/C22H25FN4O7S2/c1-13-12-26(35(3,29)30)9-10-27(36(4,31)32)20-16(13)11-17-19(34-22(28)24-2)18(33-21(17)25-20)14-5-7-15(23)8-6-14/h5-8,11,13H,9-10,12H2,1-4H3,(H,24,28). The molecule has 11 nitrogen and oxygen atoms in total. The van der Waals surface area contributed by atoms with Gasteiger partial charge in [-0.1, -0.05) is 6.92 Å². The van der Waals surface area contributed by atoms with Gasteiger partial charge in [-0.25, -0.2) is 26.0 Å². The number of amides is 1. The molecule has 1 unspecified atom stereocenters. The molecule has 0 bridgehead atoms. The maximum atomic E-state index is 13.5. The molecule has 0 aliphatic carbocycles. The van der Waals surface area contributed by atoms with E-state index in [1.165, 1.54) is 35.6 Å². The second-order valence-electron chi connectivity index (χ2n) is 8.52. The second-order valence-corrected chi connectivity index (χ2v) is 12.4. The van der Waals surface area contributed by atoms with Gasteiger partial charge in [-0.2, -0.15) is 9.29 Å². The molecule has 1 amide bonds. The van der Waals surface area contributed by atoms with Crippen LogP contribution in [0.1, 0.15) is 18.4 Å². The number of anilines is 1. The first-order valence-corrected chi connectivity index (χ1v) is 14.5. The van der Waals surface area contributed by atoms with E-state index in [0.717, 1.165) is 16.8 Å². The fourth-order valence-electron chi connectivity index (χ4n) is 4.03. The molecule has 3 heterocycles. The van der Waals surface area contributed by atoms with Crippen LogP contribution in [0.25, 0.3) is 22.4 Å². The number of fused-ring (bicyclic) bond motifs is 2. The number of aromatic nitrogens is 1. The third-order valence-electron chi connectivity index (χ3n) is 5.82. The number of rotatable bonds is 4. The van der Waals surface area contributed by atoms with Gasteiger partial charge in [-0.15, -0.1) is 0 Å². The van der Waals surface area contributed by atoms with Crippen LogP contribution < -0.4 is 14.4 Å². The minimum Gasteiger partial charge on any atom is -0.434 e. The maximum Gasteiger partial charge on any atom is 0.412 e. The predicted octanol–water partition coefficient (Wildman–Crippen LogP) is 2.50. The molecule has 0 fully saturated rings. The highest BCUT2D eigenvalue weighted by Gasteiger charge is 2.33. The lowest BCUT2D eigenvalue weighted by atomic mass is 9.99. The summed E-state index contributed by atoms with van der Waals surface area (Å²) in [6.45, 7) is 1.62. The van der Waals surface area contributed by atoms with Crippen molar-refractivity contribution in [2.24, 2.45) is 0 Å². The van der Waals surface area contributed by atoms with E-state index >= 15 is 0 Å². The number of pyridine rings is 1. The minimum atomic E-state index is -3.85. The zero-order chi connectivity index (χ0) is 26.4. The molecule has 1 N–H and O–H groups in total. The molecule has 0 spiro atoms. The largest absolute Gasteiger partial charge is 0.434 e. The van der Waals surface area contributed by atoms with E-state index in [1.54, 1.807) is 13.0 Å². The summed E-state index contributed by atoms with van der Waals surface area (Å²) in [6.07, 6.45) is 1.28. The quantitative estimate of drug-likeness (QED) is 0.533. The summed E-state index contributed by atoms with van der Waals surface area (Å²) in [7, 11) is -6.09. The molecule has 2 aromatic heterocycles. The van der Waals surface area contributed by atoms with Crippen molar-refractivity contribution in [2.45, 2.75) is 12.8 Å². The Kier molecular flexibility index (Phi) is 6.70. The van der Waals surface area contributed by atoms with Crippen LogP contribution in [0.15, 0.2) is 34.7 Å². The molecule has 1 aliphatic heterocycles. The molecule has 0 radical (unpaired) electrons. The number of carbonyl (C=O) groups excluding carboxylic acids is 1. The van der Waals surface area contributed by atoms with Crippen LogP contribution in [0.3, 0.4) is 0 Å². The van der Waals surface area contributed by atoms with Crippen molar-refractivity contribution in [3.63, 3.8) is 0 Å². The lowest BCUT2D eigenvalue weighted by Crippen LogP contribution is -2.44. The predicted molar refractivity (Wildman–Crippen MR) is 132 cm³/mol. The van der Waals surface area contributed by atoms with Gasteiger partial charge in [0, 0.05) is 37.8 Å². The number of carbonyl (C=O) groups is 1. The number of furan rings is 1. The van der Waals surface area contributed by atoms with Gasteiger partial charge in [-0.05, 0) is 36.2 Å². The van der Waals surface area contributed by atoms with Gasteiger partial charge in [0.15, 0.2) is 11.5 Å². The summed E-state index contributed by atoms with van der Waals surface area (Å²) in [6, 6.07) is 6.89. The molecule has 14 heteroatoms. The Bertz CT molecular complexity index is 1540. The van der Waals surface area contributed by atoms with Crippen molar-refractivity contribution in [3.8, 4) is 17.1 Å². The number of nitrogens with zero attached hydrogens (tertiary/aromatic N) is 3. The Morgan fingerprint density at radius 2 is 1.81 bits per heavy atom. The molecular formula is C22H25FN4O7S2. The van der Waals surface area contributed by atoms with E-state index in [0.29, 0.717) is 11.1 Å². The number of hydrogen-bond donors (Lipinski definition) is 1. The summed E-state index contributed by atoms with van der Waals surface area (Å²) in [5.74, 6) is -0.760. The van der Waals surface area contributed by atoms with Gasteiger partial charge in [0.2, 0.25) is 25.8 Å². The molecule has 1 atom stereocenters. The van der Waals surface area contributed by atoms with Crippen molar-refractivity contribution in [3.05, 3.63) is 41.7 Å². The number of sulfonamides is 2. The Morgan fingerprint density at radius 3 is 2.39 bits per heavy atom. The summed E-state index contributed by atoms with van der Waals surface area (Å²) in [4.78, 5) is 16.6. The number of hydrogen-bond acceptors (Lipinski definition) is 8. The average Bonchev–Trinajstić information content (AvgIpc) is 3.12. The van der Waals surface area contributed by atoms with Gasteiger partial charge < -0.3 is 14.5 Å². The molecule has 0 saturated carbocycles. The lowest BCUT2D eigenvalue weighted by Gasteiger charge is -2.33. The molecule has 4 rings (SSSR count). The van der Waals surface area contributed by atoms with Crippen LogP contribution in [-0.2, 0) is 20.0 Å². The van der Waals surface area contributed by atoms with Crippen LogP contribution in [0, 0.1) is 5.82 Å². The van der Waals surface area contributed by atoms with Gasteiger partial charge in [-0.3, -0.25) is 4.31 Å². The highest BCUT2D eigenvalue weighted by molar-refractivity contribution is 7.92. The molecular weight excluding hydrogens is 515 g/mol. The zero-order valence-corrected chi connectivity index (χ0v) is 21.6. The third-order valence-corrected chi connectivity index (χ3v) is 8.24. The van der Waals surface area contributed by atoms with Crippen molar-refractivity contribution in [1.29, 1.82) is 0 Å². The highest BCUT2D eigenvalue weighted by atomic mass is 32.2. The molecule has 0 saturated heterocycles. The SMILES string of the molecule is CNC(=O)Oc1c(-c2ccc(F)cc2)oc2nc3c(cc12)C(C)CN(S(C)(=O)=O)CCN3S(C)(=O)=O. The number of benzene rings is 1. The summed E-state index contributed by atoms with van der Waals surface area (Å²) in [5, 5.41) is 2.62. The van der Waals surface area contributed by atoms with Crippen LogP contribution in [0.4, 0.5) is 15.0 Å². The zero-order valence-electron chi connectivity index (χ0n) is 20.0. The first-order valence-electron chi connectivity index (χ1n) is 10.9. The summed E-state index contributed by atoms with van der Waals surface area (Å²) in [5.41, 5.74) is 0.819. The van der Waals surface area contributed by atoms with Crippen LogP contribution >= 0.6 is 0 Å². The smallest absolute Gasteiger partial charge is 0.412 e. The Hall–Kier alpha value is -3.23. The van der Waals surface area contributed by atoms with Gasteiger partial charge in [0.05, 0.1) is 17.9 Å². The second kappa shape index (κ2) is 9.33. The van der Waals surface area contributed by atoms with E-state index in [-0.39, 0.29) is 48.1 Å². The monoisotopic (exact) mass is 540 g/mol. The fraction of sp³-hybridized carbons (Fsp3) is 0.364. The molecule has 36 heavy (non-hydrogen) atoms. The first kappa shape index (κ1) is 25.9. The minimum absolute atomic E-state index is 0.00592. The molecule has 1 aromatic carbocycles. The molecule has 1 aliphatic rings. The van der Waals surface area contributed by atoms with E-state index < -0.39 is 37.9 Å². The number of ether oxygens (including phenoxy) is 1. The normalized spacial score (nSPS) is 17.4. The lowest BCUT2D eigenvalue weighted by molar-refractivity contribution is 0.203. The van der Waals surface area contributed by atoms with Crippen molar-refractivity contribution < 1.29 is 35.2 Å². The first-order chi connectivity index (χ1) is 16.8. The van der Waals surface area contributed by atoms with E-state index in [9.17, 15) is 26.0 Å². The number of halogens is 1. The van der Waals surface area contributed by atoms with E-state index in [1.807, 2.05) is 0 Å². The van der Waals surface area contributed by atoms with Crippen LogP contribution in [0.2, 0.25) is 0 Å². The molecule has 194 valence electrons. The Labute approximate surface area is 207 Å². The fourth-order valence-corrected chi connectivity index (χ4v) is 5.82. The van der Waals surface area contributed by atoms with Crippen LogP contribution in [-0.4, -0.2) is 71.4 Å². The third kappa shape index (κ3) is 5.01. The van der Waals surface area contributed by atoms with Gasteiger partial charge in [0.1, 0.15) is 11.6 Å². The summed E-state index contributed by atoms with van der Waals surface area (Å²) >= 11 is 0.